The summed E-state index contributed by atoms with van der Waals surface area (Å²) in [6.07, 6.45) is 0.539. The third kappa shape index (κ3) is 3.32. The Morgan fingerprint density at radius 3 is 2.47 bits per heavy atom. The molecule has 5 heteroatoms. The summed E-state index contributed by atoms with van der Waals surface area (Å²) in [6.45, 7) is 1.88. The van der Waals surface area contributed by atoms with Gasteiger partial charge in [-0.3, -0.25) is 0 Å². The van der Waals surface area contributed by atoms with Crippen molar-refractivity contribution < 1.29 is 0 Å². The minimum atomic E-state index is 0.442. The Labute approximate surface area is 115 Å². The first-order valence-electron chi connectivity index (χ1n) is 4.98. The average molecular weight is 288 g/mol. The van der Waals surface area contributed by atoms with Gasteiger partial charge < -0.3 is 0 Å². The Morgan fingerprint density at radius 2 is 1.82 bits per heavy atom. The summed E-state index contributed by atoms with van der Waals surface area (Å²) in [5.74, 6) is 0.652. The molecule has 0 aliphatic rings. The molecule has 0 saturated heterocycles. The molecule has 1 aromatic heterocycles. The van der Waals surface area contributed by atoms with Crippen LogP contribution in [-0.2, 0) is 6.42 Å². The molecular weight excluding hydrogens is 279 g/mol. The molecule has 0 atom stereocenters. The van der Waals surface area contributed by atoms with Crippen molar-refractivity contribution in [3.63, 3.8) is 0 Å². The third-order valence-corrected chi connectivity index (χ3v) is 3.01. The molecule has 0 spiro atoms. The Kier molecular flexibility index (Phi) is 3.87. The lowest BCUT2D eigenvalue weighted by atomic mass is 10.1. The highest BCUT2D eigenvalue weighted by Gasteiger charge is 2.06. The van der Waals surface area contributed by atoms with E-state index in [2.05, 4.69) is 9.97 Å². The molecule has 0 saturated carbocycles. The van der Waals surface area contributed by atoms with Gasteiger partial charge in [0.15, 0.2) is 0 Å². The van der Waals surface area contributed by atoms with Gasteiger partial charge in [0.05, 0.1) is 0 Å². The van der Waals surface area contributed by atoms with Crippen LogP contribution in [0.4, 0.5) is 0 Å². The van der Waals surface area contributed by atoms with Crippen molar-refractivity contribution in [2.24, 2.45) is 0 Å². The molecule has 17 heavy (non-hydrogen) atoms. The lowest BCUT2D eigenvalue weighted by Gasteiger charge is -2.05. The molecule has 0 bridgehead atoms. The molecule has 2 nitrogen and oxygen atoms in total. The first-order chi connectivity index (χ1) is 8.04. The van der Waals surface area contributed by atoms with Crippen LogP contribution in [0.3, 0.4) is 0 Å². The van der Waals surface area contributed by atoms with Crippen molar-refractivity contribution in [2.75, 3.05) is 0 Å². The average Bonchev–Trinajstić information content (AvgIpc) is 2.21. The first kappa shape index (κ1) is 12.6. The lowest BCUT2D eigenvalue weighted by molar-refractivity contribution is 0.943. The van der Waals surface area contributed by atoms with Gasteiger partial charge in [-0.25, -0.2) is 9.97 Å². The van der Waals surface area contributed by atoms with Gasteiger partial charge in [0.25, 0.3) is 0 Å². The van der Waals surface area contributed by atoms with Crippen molar-refractivity contribution in [2.45, 2.75) is 13.3 Å². The predicted molar refractivity (Wildman–Crippen MR) is 71.0 cm³/mol. The van der Waals surface area contributed by atoms with Crippen LogP contribution in [0, 0.1) is 6.92 Å². The van der Waals surface area contributed by atoms with Crippen molar-refractivity contribution in [1.82, 2.24) is 9.97 Å². The topological polar surface area (TPSA) is 25.8 Å². The summed E-state index contributed by atoms with van der Waals surface area (Å²) in [6, 6.07) is 7.08. The van der Waals surface area contributed by atoms with Crippen molar-refractivity contribution >= 4 is 34.8 Å². The molecule has 0 aliphatic carbocycles. The SMILES string of the molecule is Cc1cc(Cl)nc(Cc2ccc(Cl)cc2Cl)n1. The summed E-state index contributed by atoms with van der Waals surface area (Å²) in [5, 5.41) is 1.67. The molecule has 0 N–H and O–H groups in total. The van der Waals surface area contributed by atoms with Crippen molar-refractivity contribution in [1.29, 1.82) is 0 Å². The maximum absolute atomic E-state index is 6.09. The Balaban J connectivity index is 2.31. The van der Waals surface area contributed by atoms with Crippen LogP contribution in [0.15, 0.2) is 24.3 Å². The third-order valence-electron chi connectivity index (χ3n) is 2.23. The van der Waals surface area contributed by atoms with Crippen molar-refractivity contribution in [3.8, 4) is 0 Å². The molecule has 88 valence electrons. The van der Waals surface area contributed by atoms with Gasteiger partial charge in [-0.15, -0.1) is 0 Å². The zero-order chi connectivity index (χ0) is 12.4. The van der Waals surface area contributed by atoms with E-state index in [1.165, 1.54) is 0 Å². The zero-order valence-electron chi connectivity index (χ0n) is 9.04. The van der Waals surface area contributed by atoms with E-state index in [1.54, 1.807) is 18.2 Å². The van der Waals surface area contributed by atoms with Crippen LogP contribution in [0.1, 0.15) is 17.1 Å². The fourth-order valence-corrected chi connectivity index (χ4v) is 2.23. The van der Waals surface area contributed by atoms with E-state index >= 15 is 0 Å². The van der Waals surface area contributed by atoms with E-state index in [1.807, 2.05) is 13.0 Å². The van der Waals surface area contributed by atoms with E-state index < -0.39 is 0 Å². The number of rotatable bonds is 2. The van der Waals surface area contributed by atoms with Crippen LogP contribution in [-0.4, -0.2) is 9.97 Å². The van der Waals surface area contributed by atoms with E-state index in [0.29, 0.717) is 27.4 Å². The predicted octanol–water partition coefficient (Wildman–Crippen LogP) is 4.34. The number of hydrogen-bond donors (Lipinski definition) is 0. The molecule has 0 amide bonds. The summed E-state index contributed by atoms with van der Waals surface area (Å²) in [7, 11) is 0. The number of hydrogen-bond acceptors (Lipinski definition) is 2. The molecule has 2 aromatic rings. The largest absolute Gasteiger partial charge is 0.238 e. The highest BCUT2D eigenvalue weighted by atomic mass is 35.5. The van der Waals surface area contributed by atoms with E-state index in [9.17, 15) is 0 Å². The standard InChI is InChI=1S/C12H9Cl3N2/c1-7-4-11(15)17-12(16-7)5-8-2-3-9(13)6-10(8)14/h2-4,6H,5H2,1H3. The Morgan fingerprint density at radius 1 is 1.06 bits per heavy atom. The molecule has 1 aromatic carbocycles. The summed E-state index contributed by atoms with van der Waals surface area (Å²) >= 11 is 17.8. The molecule has 0 radical (unpaired) electrons. The quantitative estimate of drug-likeness (QED) is 0.768. The van der Waals surface area contributed by atoms with Gasteiger partial charge in [0.1, 0.15) is 11.0 Å². The second-order valence-corrected chi connectivity index (χ2v) is 4.89. The van der Waals surface area contributed by atoms with E-state index in [0.717, 1.165) is 11.3 Å². The van der Waals surface area contributed by atoms with Gasteiger partial charge in [-0.1, -0.05) is 40.9 Å². The second-order valence-electron chi connectivity index (χ2n) is 3.66. The van der Waals surface area contributed by atoms with Gasteiger partial charge >= 0.3 is 0 Å². The summed E-state index contributed by atoms with van der Waals surface area (Å²) < 4.78 is 0. The van der Waals surface area contributed by atoms with Gasteiger partial charge in [0, 0.05) is 22.2 Å². The Hall–Kier alpha value is -0.830. The first-order valence-corrected chi connectivity index (χ1v) is 6.12. The normalized spacial score (nSPS) is 10.6. The van der Waals surface area contributed by atoms with Gasteiger partial charge in [-0.2, -0.15) is 0 Å². The van der Waals surface area contributed by atoms with E-state index in [4.69, 9.17) is 34.8 Å². The maximum Gasteiger partial charge on any atom is 0.134 e. The molecular formula is C12H9Cl3N2. The minimum Gasteiger partial charge on any atom is -0.238 e. The van der Waals surface area contributed by atoms with Crippen LogP contribution in [0.2, 0.25) is 15.2 Å². The number of aromatic nitrogens is 2. The minimum absolute atomic E-state index is 0.442. The lowest BCUT2D eigenvalue weighted by Crippen LogP contribution is -1.99. The Bertz CT molecular complexity index is 535. The van der Waals surface area contributed by atoms with Crippen LogP contribution < -0.4 is 0 Å². The fourth-order valence-electron chi connectivity index (χ4n) is 1.50. The van der Waals surface area contributed by atoms with Crippen LogP contribution in [0.25, 0.3) is 0 Å². The van der Waals surface area contributed by atoms with Crippen LogP contribution >= 0.6 is 34.8 Å². The van der Waals surface area contributed by atoms with Crippen molar-refractivity contribution in [3.05, 3.63) is 56.5 Å². The number of benzene rings is 1. The van der Waals surface area contributed by atoms with E-state index in [-0.39, 0.29) is 0 Å². The van der Waals surface area contributed by atoms with Gasteiger partial charge in [-0.05, 0) is 30.7 Å². The molecule has 2 rings (SSSR count). The molecule has 0 unspecified atom stereocenters. The maximum atomic E-state index is 6.09. The molecule has 1 heterocycles. The summed E-state index contributed by atoms with van der Waals surface area (Å²) in [5.41, 5.74) is 1.77. The fraction of sp³-hybridized carbons (Fsp3) is 0.167. The number of aryl methyl sites for hydroxylation is 1. The highest BCUT2D eigenvalue weighted by Crippen LogP contribution is 2.22. The monoisotopic (exact) mass is 286 g/mol. The molecule has 0 aliphatic heterocycles. The van der Waals surface area contributed by atoms with Gasteiger partial charge in [0.2, 0.25) is 0 Å². The smallest absolute Gasteiger partial charge is 0.134 e. The number of halogens is 3. The summed E-state index contributed by atoms with van der Waals surface area (Å²) in [4.78, 5) is 8.46. The highest BCUT2D eigenvalue weighted by molar-refractivity contribution is 6.35. The molecule has 0 fully saturated rings. The zero-order valence-corrected chi connectivity index (χ0v) is 11.3. The second kappa shape index (κ2) is 5.21. The number of nitrogens with zero attached hydrogens (tertiary/aromatic N) is 2. The van der Waals surface area contributed by atoms with Crippen LogP contribution in [0.5, 0.6) is 0 Å².